The molecule has 0 unspecified atom stereocenters. The maximum atomic E-state index is 12.4. The van der Waals surface area contributed by atoms with Crippen molar-refractivity contribution in [2.24, 2.45) is 0 Å². The van der Waals surface area contributed by atoms with Crippen LogP contribution in [0.4, 0.5) is 5.88 Å². The molecule has 0 fully saturated rings. The third-order valence-electron chi connectivity index (χ3n) is 3.77. The number of hydrogen-bond donors (Lipinski definition) is 0. The number of fused-ring (bicyclic) bond motifs is 1. The molecule has 0 bridgehead atoms. The molecule has 0 N–H and O–H groups in total. The van der Waals surface area contributed by atoms with Crippen LogP contribution in [0, 0.1) is 10.1 Å². The molecule has 0 atom stereocenters. The van der Waals surface area contributed by atoms with Crippen molar-refractivity contribution in [1.29, 1.82) is 0 Å². The predicted molar refractivity (Wildman–Crippen MR) is 87.6 cm³/mol. The van der Waals surface area contributed by atoms with E-state index >= 15 is 0 Å². The van der Waals surface area contributed by atoms with E-state index in [0.717, 1.165) is 6.07 Å². The lowest BCUT2D eigenvalue weighted by Gasteiger charge is -2.13. The molecular weight excluding hydrogens is 352 g/mol. The van der Waals surface area contributed by atoms with Gasteiger partial charge in [0.25, 0.3) is 0 Å². The zero-order valence-electron chi connectivity index (χ0n) is 12.8. The number of aromatic nitrogens is 1. The summed E-state index contributed by atoms with van der Waals surface area (Å²) in [6, 6.07) is 5.37. The number of nitrogens with zero attached hydrogens (tertiary/aromatic N) is 2. The van der Waals surface area contributed by atoms with Crippen LogP contribution in [0.15, 0.2) is 39.7 Å². The Bertz CT molecular complexity index is 1080. The number of carboxylic acid groups (broad SMARTS) is 1. The number of nitro groups is 1. The summed E-state index contributed by atoms with van der Waals surface area (Å²) in [6.45, 7) is 2.18. The first-order chi connectivity index (χ1) is 11.8. The van der Waals surface area contributed by atoms with Gasteiger partial charge in [0.15, 0.2) is 5.43 Å². The summed E-state index contributed by atoms with van der Waals surface area (Å²) in [5.74, 6) is -1.96. The summed E-state index contributed by atoms with van der Waals surface area (Å²) >= 11 is 6.24. The van der Waals surface area contributed by atoms with Crippen LogP contribution in [0.2, 0.25) is 5.02 Å². The number of aryl methyl sites for hydroxylation is 1. The minimum Gasteiger partial charge on any atom is -0.545 e. The SMILES string of the molecule is CCn1cc(C(=O)[O-])c(=O)c2cc(-c3ccc([N+](=O)[O-])o3)c(Cl)cc21. The van der Waals surface area contributed by atoms with Crippen molar-refractivity contribution in [3.8, 4) is 11.3 Å². The van der Waals surface area contributed by atoms with E-state index in [-0.39, 0.29) is 21.7 Å². The second kappa shape index (κ2) is 6.06. The van der Waals surface area contributed by atoms with Crippen LogP contribution in [-0.4, -0.2) is 15.5 Å². The zero-order chi connectivity index (χ0) is 18.3. The average Bonchev–Trinajstić information content (AvgIpc) is 3.04. The van der Waals surface area contributed by atoms with Gasteiger partial charge in [0.05, 0.1) is 28.1 Å². The molecule has 0 radical (unpaired) electrons. The lowest BCUT2D eigenvalue weighted by molar-refractivity contribution is -0.401. The van der Waals surface area contributed by atoms with Gasteiger partial charge in [-0.1, -0.05) is 11.6 Å². The number of hydrogen-bond acceptors (Lipinski definition) is 6. The molecule has 0 amide bonds. The van der Waals surface area contributed by atoms with Gasteiger partial charge in [-0.2, -0.15) is 0 Å². The Morgan fingerprint density at radius 3 is 2.64 bits per heavy atom. The molecule has 3 rings (SSSR count). The normalized spacial score (nSPS) is 11.0. The number of rotatable bonds is 4. The van der Waals surface area contributed by atoms with Crippen LogP contribution >= 0.6 is 11.6 Å². The summed E-state index contributed by atoms with van der Waals surface area (Å²) in [5, 5.41) is 22.3. The Kier molecular flexibility index (Phi) is 4.05. The molecule has 1 aromatic carbocycles. The van der Waals surface area contributed by atoms with E-state index in [4.69, 9.17) is 16.0 Å². The highest BCUT2D eigenvalue weighted by molar-refractivity contribution is 6.34. The number of carbonyl (C=O) groups excluding carboxylic acids is 1. The quantitative estimate of drug-likeness (QED) is 0.519. The molecule has 25 heavy (non-hydrogen) atoms. The van der Waals surface area contributed by atoms with Crippen LogP contribution in [0.5, 0.6) is 0 Å². The first-order valence-electron chi connectivity index (χ1n) is 7.16. The van der Waals surface area contributed by atoms with Gasteiger partial charge in [0.2, 0.25) is 0 Å². The highest BCUT2D eigenvalue weighted by Crippen LogP contribution is 2.34. The molecule has 0 aliphatic carbocycles. The third kappa shape index (κ3) is 2.76. The first-order valence-corrected chi connectivity index (χ1v) is 7.54. The lowest BCUT2D eigenvalue weighted by Crippen LogP contribution is -2.30. The molecule has 128 valence electrons. The summed E-state index contributed by atoms with van der Waals surface area (Å²) < 4.78 is 6.67. The van der Waals surface area contributed by atoms with E-state index in [1.54, 1.807) is 11.5 Å². The molecule has 0 saturated heterocycles. The largest absolute Gasteiger partial charge is 0.545 e. The van der Waals surface area contributed by atoms with E-state index < -0.39 is 27.8 Å². The minimum absolute atomic E-state index is 0.0971. The lowest BCUT2D eigenvalue weighted by atomic mass is 10.1. The van der Waals surface area contributed by atoms with Crippen molar-refractivity contribution in [3.05, 3.63) is 61.4 Å². The molecule has 0 aliphatic heterocycles. The van der Waals surface area contributed by atoms with Crippen molar-refractivity contribution in [2.75, 3.05) is 0 Å². The Morgan fingerprint density at radius 1 is 1.36 bits per heavy atom. The number of halogens is 1. The summed E-state index contributed by atoms with van der Waals surface area (Å²) in [6.07, 6.45) is 1.20. The Hall–Kier alpha value is -3.13. The van der Waals surface area contributed by atoms with E-state index in [2.05, 4.69) is 0 Å². The van der Waals surface area contributed by atoms with Gasteiger partial charge < -0.3 is 18.9 Å². The van der Waals surface area contributed by atoms with E-state index in [1.165, 1.54) is 24.4 Å². The van der Waals surface area contributed by atoms with Gasteiger partial charge >= 0.3 is 5.88 Å². The molecule has 3 aromatic rings. The van der Waals surface area contributed by atoms with E-state index in [0.29, 0.717) is 12.1 Å². The standard InChI is InChI=1S/C16H11ClN2O6/c1-2-18-7-10(16(21)22)15(20)9-5-8(11(17)6-12(9)18)13-3-4-14(25-13)19(23)24/h3-7H,2H2,1H3,(H,21,22)/p-1. The molecule has 9 heteroatoms. The number of carboxylic acids is 1. The summed E-state index contributed by atoms with van der Waals surface area (Å²) in [4.78, 5) is 33.7. The van der Waals surface area contributed by atoms with Gasteiger partial charge in [-0.05, 0) is 25.1 Å². The maximum Gasteiger partial charge on any atom is 0.433 e. The minimum atomic E-state index is -1.58. The second-order valence-corrected chi connectivity index (χ2v) is 5.60. The Morgan fingerprint density at radius 2 is 2.08 bits per heavy atom. The van der Waals surface area contributed by atoms with Crippen molar-refractivity contribution >= 4 is 34.4 Å². The van der Waals surface area contributed by atoms with Crippen molar-refractivity contribution in [1.82, 2.24) is 4.57 Å². The van der Waals surface area contributed by atoms with Gasteiger partial charge in [0, 0.05) is 23.7 Å². The summed E-state index contributed by atoms with van der Waals surface area (Å²) in [7, 11) is 0. The Balaban J connectivity index is 2.33. The second-order valence-electron chi connectivity index (χ2n) is 5.19. The number of benzene rings is 1. The molecule has 0 spiro atoms. The van der Waals surface area contributed by atoms with Crippen LogP contribution in [-0.2, 0) is 6.54 Å². The molecule has 0 saturated carbocycles. The highest BCUT2D eigenvalue weighted by Gasteiger charge is 2.18. The van der Waals surface area contributed by atoms with E-state index in [9.17, 15) is 24.8 Å². The molecule has 8 nitrogen and oxygen atoms in total. The van der Waals surface area contributed by atoms with Gasteiger partial charge in [-0.15, -0.1) is 0 Å². The number of aromatic carboxylic acids is 1. The number of carbonyl (C=O) groups is 1. The third-order valence-corrected chi connectivity index (χ3v) is 4.08. The topological polar surface area (TPSA) is 118 Å². The fraction of sp³-hybridized carbons (Fsp3) is 0.125. The van der Waals surface area contributed by atoms with Crippen molar-refractivity contribution in [2.45, 2.75) is 13.5 Å². The average molecular weight is 362 g/mol. The maximum absolute atomic E-state index is 12.4. The van der Waals surface area contributed by atoms with Gasteiger partial charge in [-0.3, -0.25) is 14.9 Å². The van der Waals surface area contributed by atoms with E-state index in [1.807, 2.05) is 0 Å². The van der Waals surface area contributed by atoms with Gasteiger partial charge in [0.1, 0.15) is 10.7 Å². The molecule has 0 aliphatic rings. The smallest absolute Gasteiger partial charge is 0.433 e. The van der Waals surface area contributed by atoms with Crippen LogP contribution in [0.3, 0.4) is 0 Å². The monoisotopic (exact) mass is 361 g/mol. The first kappa shape index (κ1) is 16.7. The molecule has 2 aromatic heterocycles. The van der Waals surface area contributed by atoms with Gasteiger partial charge in [-0.25, -0.2) is 0 Å². The van der Waals surface area contributed by atoms with Crippen LogP contribution < -0.4 is 10.5 Å². The Labute approximate surface area is 145 Å². The number of furan rings is 1. The summed E-state index contributed by atoms with van der Waals surface area (Å²) in [5.41, 5.74) is -0.517. The van der Waals surface area contributed by atoms with Crippen LogP contribution in [0.25, 0.3) is 22.2 Å². The molecular formula is C16H10ClN2O6-. The van der Waals surface area contributed by atoms with Crippen molar-refractivity contribution in [3.63, 3.8) is 0 Å². The van der Waals surface area contributed by atoms with Crippen LogP contribution in [0.1, 0.15) is 17.3 Å². The fourth-order valence-corrected chi connectivity index (χ4v) is 2.83. The van der Waals surface area contributed by atoms with Crippen molar-refractivity contribution < 1.29 is 19.2 Å². The zero-order valence-corrected chi connectivity index (χ0v) is 13.6. The highest BCUT2D eigenvalue weighted by atomic mass is 35.5. The molecule has 2 heterocycles. The number of pyridine rings is 1. The fourth-order valence-electron chi connectivity index (χ4n) is 2.58. The predicted octanol–water partition coefficient (Wildman–Crippen LogP) is 2.21.